The molecule has 1 aromatic carbocycles. The maximum absolute atomic E-state index is 13.4. The van der Waals surface area contributed by atoms with Crippen LogP contribution < -0.4 is 14.8 Å². The number of nitrogens with zero attached hydrogens (tertiary/aromatic N) is 1. The highest BCUT2D eigenvalue weighted by molar-refractivity contribution is 7.18. The number of thiophene rings is 1. The second-order valence-corrected chi connectivity index (χ2v) is 9.94. The van der Waals surface area contributed by atoms with Gasteiger partial charge in [-0.05, 0) is 49.1 Å². The Balaban J connectivity index is 1.55. The molecule has 4 rings (SSSR count). The number of amides is 2. The van der Waals surface area contributed by atoms with Gasteiger partial charge in [-0.2, -0.15) is 0 Å². The minimum Gasteiger partial charge on any atom is -0.486 e. The third-order valence-corrected chi connectivity index (χ3v) is 6.64. The van der Waals surface area contributed by atoms with Gasteiger partial charge in [0.15, 0.2) is 11.5 Å². The molecule has 160 valence electrons. The van der Waals surface area contributed by atoms with Gasteiger partial charge in [-0.3, -0.25) is 9.59 Å². The summed E-state index contributed by atoms with van der Waals surface area (Å²) in [6.07, 6.45) is 1.88. The Morgan fingerprint density at radius 3 is 2.60 bits per heavy atom. The van der Waals surface area contributed by atoms with Crippen molar-refractivity contribution in [1.29, 1.82) is 0 Å². The summed E-state index contributed by atoms with van der Waals surface area (Å²) < 4.78 is 11.3. The largest absolute Gasteiger partial charge is 0.486 e. The summed E-state index contributed by atoms with van der Waals surface area (Å²) in [5.74, 6) is 1.47. The van der Waals surface area contributed by atoms with Gasteiger partial charge in [0.25, 0.3) is 5.91 Å². The molecule has 1 N–H and O–H groups in total. The van der Waals surface area contributed by atoms with E-state index in [1.807, 2.05) is 56.9 Å². The Morgan fingerprint density at radius 1 is 1.13 bits per heavy atom. The molecular formula is C23H28N2O4S. The van der Waals surface area contributed by atoms with E-state index in [-0.39, 0.29) is 17.9 Å². The third kappa shape index (κ3) is 4.03. The van der Waals surface area contributed by atoms with Crippen molar-refractivity contribution in [1.82, 2.24) is 4.90 Å². The lowest BCUT2D eigenvalue weighted by Crippen LogP contribution is -2.30. The molecule has 30 heavy (non-hydrogen) atoms. The molecule has 7 heteroatoms. The summed E-state index contributed by atoms with van der Waals surface area (Å²) in [4.78, 5) is 28.3. The highest BCUT2D eigenvalue weighted by Gasteiger charge is 2.33. The van der Waals surface area contributed by atoms with Crippen LogP contribution in [0.2, 0.25) is 0 Å². The van der Waals surface area contributed by atoms with Crippen LogP contribution in [0.1, 0.15) is 60.5 Å². The van der Waals surface area contributed by atoms with Gasteiger partial charge in [0.05, 0.1) is 15.9 Å². The molecular weight excluding hydrogens is 400 g/mol. The summed E-state index contributed by atoms with van der Waals surface area (Å²) in [7, 11) is 0. The number of aryl methyl sites for hydroxylation is 1. The highest BCUT2D eigenvalue weighted by Crippen LogP contribution is 2.40. The van der Waals surface area contributed by atoms with E-state index in [1.165, 1.54) is 11.3 Å². The number of anilines is 1. The topological polar surface area (TPSA) is 67.9 Å². The average Bonchev–Trinajstić information content (AvgIpc) is 3.33. The van der Waals surface area contributed by atoms with E-state index in [1.54, 1.807) is 0 Å². The molecule has 0 radical (unpaired) electrons. The number of ether oxygens (including phenoxy) is 2. The predicted octanol–water partition coefficient (Wildman–Crippen LogP) is 4.79. The van der Waals surface area contributed by atoms with Gasteiger partial charge in [-0.15, -0.1) is 11.3 Å². The molecule has 1 aromatic heterocycles. The zero-order chi connectivity index (χ0) is 21.5. The van der Waals surface area contributed by atoms with E-state index >= 15 is 0 Å². The maximum Gasteiger partial charge on any atom is 0.264 e. The van der Waals surface area contributed by atoms with E-state index < -0.39 is 5.41 Å². The van der Waals surface area contributed by atoms with Gasteiger partial charge in [0.1, 0.15) is 13.2 Å². The summed E-state index contributed by atoms with van der Waals surface area (Å²) in [6.45, 7) is 9.36. The molecule has 0 spiro atoms. The lowest BCUT2D eigenvalue weighted by Gasteiger charge is -2.26. The van der Waals surface area contributed by atoms with Crippen LogP contribution in [0.15, 0.2) is 24.3 Å². The van der Waals surface area contributed by atoms with Crippen LogP contribution in [0.3, 0.4) is 0 Å². The quantitative estimate of drug-likeness (QED) is 0.763. The number of nitrogens with one attached hydrogen (secondary N) is 1. The van der Waals surface area contributed by atoms with Crippen LogP contribution in [0.4, 0.5) is 5.00 Å². The van der Waals surface area contributed by atoms with Crippen molar-refractivity contribution in [3.63, 3.8) is 0 Å². The van der Waals surface area contributed by atoms with Crippen molar-refractivity contribution in [2.45, 2.75) is 46.6 Å². The van der Waals surface area contributed by atoms with Gasteiger partial charge >= 0.3 is 0 Å². The SMILES string of the molecule is Cc1cc(NC(=O)C(C)(C)C)sc1C(=O)N1CCCC1c1ccc2c(c1)OCCO2. The van der Waals surface area contributed by atoms with E-state index in [4.69, 9.17) is 9.47 Å². The van der Waals surface area contributed by atoms with E-state index in [9.17, 15) is 9.59 Å². The average molecular weight is 429 g/mol. The lowest BCUT2D eigenvalue weighted by atomic mass is 9.96. The van der Waals surface area contributed by atoms with Crippen molar-refractivity contribution in [3.05, 3.63) is 40.3 Å². The second kappa shape index (κ2) is 7.95. The van der Waals surface area contributed by atoms with Crippen molar-refractivity contribution < 1.29 is 19.1 Å². The minimum atomic E-state index is -0.486. The Hall–Kier alpha value is -2.54. The Kier molecular flexibility index (Phi) is 5.49. The number of likely N-dealkylation sites (tertiary alicyclic amines) is 1. The molecule has 1 fully saturated rings. The fourth-order valence-electron chi connectivity index (χ4n) is 3.81. The summed E-state index contributed by atoms with van der Waals surface area (Å²) in [6, 6.07) is 7.86. The zero-order valence-electron chi connectivity index (χ0n) is 17.9. The molecule has 2 aromatic rings. The van der Waals surface area contributed by atoms with Crippen LogP contribution >= 0.6 is 11.3 Å². The minimum absolute atomic E-state index is 0.0162. The van der Waals surface area contributed by atoms with Crippen LogP contribution in [0, 0.1) is 12.3 Å². The van der Waals surface area contributed by atoms with Gasteiger partial charge in [0, 0.05) is 12.0 Å². The number of hydrogen-bond acceptors (Lipinski definition) is 5. The highest BCUT2D eigenvalue weighted by atomic mass is 32.1. The van der Waals surface area contributed by atoms with E-state index in [2.05, 4.69) is 5.32 Å². The molecule has 1 unspecified atom stereocenters. The van der Waals surface area contributed by atoms with Crippen LogP contribution in [0.5, 0.6) is 11.5 Å². The van der Waals surface area contributed by atoms with E-state index in [0.29, 0.717) is 23.1 Å². The van der Waals surface area contributed by atoms with Crippen LogP contribution in [0.25, 0.3) is 0 Å². The van der Waals surface area contributed by atoms with Crippen LogP contribution in [-0.4, -0.2) is 36.5 Å². The molecule has 2 aliphatic rings. The summed E-state index contributed by atoms with van der Waals surface area (Å²) >= 11 is 1.35. The molecule has 6 nitrogen and oxygen atoms in total. The molecule has 0 aliphatic carbocycles. The number of rotatable bonds is 3. The first kappa shape index (κ1) is 20.7. The van der Waals surface area contributed by atoms with Gasteiger partial charge in [-0.25, -0.2) is 0 Å². The second-order valence-electron chi connectivity index (χ2n) is 8.89. The van der Waals surface area contributed by atoms with Gasteiger partial charge < -0.3 is 19.7 Å². The molecule has 1 saturated heterocycles. The Bertz CT molecular complexity index is 976. The Labute approximate surface area is 181 Å². The van der Waals surface area contributed by atoms with Crippen molar-refractivity contribution in [2.75, 3.05) is 25.1 Å². The summed E-state index contributed by atoms with van der Waals surface area (Å²) in [5, 5.41) is 3.66. The monoisotopic (exact) mass is 428 g/mol. The fourth-order valence-corrected chi connectivity index (χ4v) is 4.83. The normalized spacial score (nSPS) is 18.4. The molecule has 3 heterocycles. The van der Waals surface area contributed by atoms with Crippen molar-refractivity contribution >= 4 is 28.2 Å². The number of fused-ring (bicyclic) bond motifs is 1. The number of carbonyl (C=O) groups is 2. The van der Waals surface area contributed by atoms with Crippen molar-refractivity contribution in [3.8, 4) is 11.5 Å². The number of benzene rings is 1. The number of carbonyl (C=O) groups excluding carboxylic acids is 2. The molecule has 2 aliphatic heterocycles. The zero-order valence-corrected chi connectivity index (χ0v) is 18.7. The summed E-state index contributed by atoms with van der Waals surface area (Å²) in [5.41, 5.74) is 1.47. The molecule has 0 saturated carbocycles. The molecule has 0 bridgehead atoms. The van der Waals surface area contributed by atoms with Gasteiger partial charge in [0.2, 0.25) is 5.91 Å². The molecule has 2 amide bonds. The predicted molar refractivity (Wildman–Crippen MR) is 118 cm³/mol. The fraction of sp³-hybridized carbons (Fsp3) is 0.478. The van der Waals surface area contributed by atoms with Crippen LogP contribution in [-0.2, 0) is 4.79 Å². The lowest BCUT2D eigenvalue weighted by molar-refractivity contribution is -0.123. The Morgan fingerprint density at radius 2 is 1.87 bits per heavy atom. The van der Waals surface area contributed by atoms with Gasteiger partial charge in [-0.1, -0.05) is 26.8 Å². The maximum atomic E-state index is 13.4. The standard InChI is InChI=1S/C23H28N2O4S/c1-14-12-19(24-22(27)23(2,3)4)30-20(14)21(26)25-9-5-6-16(25)15-7-8-17-18(13-15)29-11-10-28-17/h7-8,12-13,16H,5-6,9-11H2,1-4H3,(H,24,27). The number of hydrogen-bond donors (Lipinski definition) is 1. The van der Waals surface area contributed by atoms with Crippen molar-refractivity contribution in [2.24, 2.45) is 5.41 Å². The first-order valence-electron chi connectivity index (χ1n) is 10.4. The molecule has 1 atom stereocenters. The van der Waals surface area contributed by atoms with E-state index in [0.717, 1.165) is 42.0 Å². The third-order valence-electron chi connectivity index (χ3n) is 5.49. The first-order chi connectivity index (χ1) is 14.2. The smallest absolute Gasteiger partial charge is 0.264 e. The first-order valence-corrected chi connectivity index (χ1v) is 11.2.